The quantitative estimate of drug-likeness (QED) is 0.661. The summed E-state index contributed by atoms with van der Waals surface area (Å²) < 4.78 is 0. The van der Waals surface area contributed by atoms with Crippen molar-refractivity contribution in [2.24, 2.45) is 0 Å². The number of alkyl halides is 1. The molecule has 2 unspecified atom stereocenters. The van der Waals surface area contributed by atoms with Gasteiger partial charge in [0.05, 0.1) is 0 Å². The van der Waals surface area contributed by atoms with Crippen molar-refractivity contribution in [1.29, 1.82) is 0 Å². The summed E-state index contributed by atoms with van der Waals surface area (Å²) in [6.07, 6.45) is 1.77. The SMILES string of the molecule is Cc1nccc(C(C)C(C)Cl)n1. The first-order valence-corrected chi connectivity index (χ1v) is 4.48. The zero-order valence-electron chi connectivity index (χ0n) is 7.58. The summed E-state index contributed by atoms with van der Waals surface area (Å²) >= 11 is 5.95. The van der Waals surface area contributed by atoms with Crippen molar-refractivity contribution in [3.05, 3.63) is 23.8 Å². The first-order valence-electron chi connectivity index (χ1n) is 4.05. The zero-order valence-corrected chi connectivity index (χ0v) is 8.34. The number of hydrogen-bond donors (Lipinski definition) is 0. The van der Waals surface area contributed by atoms with Crippen LogP contribution in [0.5, 0.6) is 0 Å². The molecule has 0 saturated heterocycles. The third-order valence-electron chi connectivity index (χ3n) is 1.95. The molecule has 2 atom stereocenters. The van der Waals surface area contributed by atoms with Crippen LogP contribution in [0.2, 0.25) is 0 Å². The molecule has 0 amide bonds. The van der Waals surface area contributed by atoms with Crippen LogP contribution in [0.25, 0.3) is 0 Å². The molecule has 0 aliphatic heterocycles. The maximum atomic E-state index is 5.95. The molecule has 1 heterocycles. The molecule has 0 saturated carbocycles. The van der Waals surface area contributed by atoms with Crippen molar-refractivity contribution in [3.63, 3.8) is 0 Å². The van der Waals surface area contributed by atoms with Crippen molar-refractivity contribution in [2.45, 2.75) is 32.1 Å². The van der Waals surface area contributed by atoms with Gasteiger partial charge in [0.1, 0.15) is 5.82 Å². The molecular weight excluding hydrogens is 172 g/mol. The molecule has 1 aromatic heterocycles. The average Bonchev–Trinajstić information content (AvgIpc) is 2.03. The van der Waals surface area contributed by atoms with Crippen LogP contribution in [0.4, 0.5) is 0 Å². The van der Waals surface area contributed by atoms with E-state index >= 15 is 0 Å². The molecule has 0 aliphatic carbocycles. The van der Waals surface area contributed by atoms with Gasteiger partial charge < -0.3 is 0 Å². The van der Waals surface area contributed by atoms with Crippen molar-refractivity contribution >= 4 is 11.6 Å². The van der Waals surface area contributed by atoms with Gasteiger partial charge in [0, 0.05) is 23.2 Å². The molecule has 0 radical (unpaired) electrons. The molecule has 0 spiro atoms. The van der Waals surface area contributed by atoms with Crippen molar-refractivity contribution in [2.75, 3.05) is 0 Å². The second kappa shape index (κ2) is 3.85. The molecule has 0 N–H and O–H groups in total. The van der Waals surface area contributed by atoms with E-state index in [9.17, 15) is 0 Å². The molecule has 0 bridgehead atoms. The molecule has 2 nitrogen and oxygen atoms in total. The Bertz CT molecular complexity index is 260. The van der Waals surface area contributed by atoms with Gasteiger partial charge in [-0.05, 0) is 19.9 Å². The van der Waals surface area contributed by atoms with E-state index in [1.807, 2.05) is 19.9 Å². The Morgan fingerprint density at radius 3 is 2.58 bits per heavy atom. The summed E-state index contributed by atoms with van der Waals surface area (Å²) in [6.45, 7) is 5.93. The monoisotopic (exact) mass is 184 g/mol. The lowest BCUT2D eigenvalue weighted by molar-refractivity contribution is 0.707. The van der Waals surface area contributed by atoms with Crippen molar-refractivity contribution < 1.29 is 0 Å². The Balaban J connectivity index is 2.88. The van der Waals surface area contributed by atoms with Gasteiger partial charge in [-0.1, -0.05) is 6.92 Å². The minimum atomic E-state index is 0.110. The largest absolute Gasteiger partial charge is 0.242 e. The molecular formula is C9H13ClN2. The lowest BCUT2D eigenvalue weighted by atomic mass is 10.0. The van der Waals surface area contributed by atoms with E-state index in [4.69, 9.17) is 11.6 Å². The van der Waals surface area contributed by atoms with Crippen molar-refractivity contribution in [1.82, 2.24) is 9.97 Å². The summed E-state index contributed by atoms with van der Waals surface area (Å²) in [5, 5.41) is 0.110. The number of aromatic nitrogens is 2. The summed E-state index contributed by atoms with van der Waals surface area (Å²) in [4.78, 5) is 8.33. The first kappa shape index (κ1) is 9.46. The number of nitrogens with zero attached hydrogens (tertiary/aromatic N) is 2. The van der Waals surface area contributed by atoms with E-state index in [0.29, 0.717) is 0 Å². The molecule has 0 aliphatic rings. The third kappa shape index (κ3) is 2.18. The van der Waals surface area contributed by atoms with Gasteiger partial charge in [-0.15, -0.1) is 11.6 Å². The summed E-state index contributed by atoms with van der Waals surface area (Å²) in [5.41, 5.74) is 1.02. The standard InChI is InChI=1S/C9H13ClN2/c1-6(7(2)10)9-4-5-11-8(3)12-9/h4-7H,1-3H3. The van der Waals surface area contributed by atoms with Crippen LogP contribution in [-0.4, -0.2) is 15.3 Å². The molecule has 1 rings (SSSR count). The number of aryl methyl sites for hydroxylation is 1. The number of hydrogen-bond acceptors (Lipinski definition) is 2. The fraction of sp³-hybridized carbons (Fsp3) is 0.556. The third-order valence-corrected chi connectivity index (χ3v) is 2.33. The lowest BCUT2D eigenvalue weighted by Gasteiger charge is -2.12. The van der Waals surface area contributed by atoms with E-state index in [1.54, 1.807) is 6.20 Å². The zero-order chi connectivity index (χ0) is 9.14. The predicted molar refractivity (Wildman–Crippen MR) is 50.5 cm³/mol. The van der Waals surface area contributed by atoms with Crippen molar-refractivity contribution in [3.8, 4) is 0 Å². The summed E-state index contributed by atoms with van der Waals surface area (Å²) in [7, 11) is 0. The van der Waals surface area contributed by atoms with Gasteiger partial charge in [-0.3, -0.25) is 0 Å². The Labute approximate surface area is 78.0 Å². The maximum Gasteiger partial charge on any atom is 0.125 e. The highest BCUT2D eigenvalue weighted by atomic mass is 35.5. The van der Waals surface area contributed by atoms with Crippen LogP contribution in [-0.2, 0) is 0 Å². The molecule has 66 valence electrons. The number of rotatable bonds is 2. The van der Waals surface area contributed by atoms with Crippen LogP contribution >= 0.6 is 11.6 Å². The van der Waals surface area contributed by atoms with E-state index in [-0.39, 0.29) is 11.3 Å². The maximum absolute atomic E-state index is 5.95. The van der Waals surface area contributed by atoms with E-state index in [1.165, 1.54) is 0 Å². The topological polar surface area (TPSA) is 25.8 Å². The van der Waals surface area contributed by atoms with Crippen LogP contribution in [0.3, 0.4) is 0 Å². The van der Waals surface area contributed by atoms with Crippen LogP contribution in [0.1, 0.15) is 31.3 Å². The number of halogens is 1. The average molecular weight is 185 g/mol. The van der Waals surface area contributed by atoms with Gasteiger partial charge in [0.2, 0.25) is 0 Å². The predicted octanol–water partition coefficient (Wildman–Crippen LogP) is 2.52. The van der Waals surface area contributed by atoms with Gasteiger partial charge in [-0.2, -0.15) is 0 Å². The van der Waals surface area contributed by atoms with E-state index in [2.05, 4.69) is 16.9 Å². The Kier molecular flexibility index (Phi) is 3.04. The normalized spacial score (nSPS) is 15.7. The van der Waals surface area contributed by atoms with Crippen LogP contribution in [0, 0.1) is 6.92 Å². The minimum absolute atomic E-state index is 0.110. The van der Waals surface area contributed by atoms with Gasteiger partial charge in [-0.25, -0.2) is 9.97 Å². The highest BCUT2D eigenvalue weighted by Crippen LogP contribution is 2.20. The fourth-order valence-corrected chi connectivity index (χ4v) is 1.09. The van der Waals surface area contributed by atoms with Crippen LogP contribution in [0.15, 0.2) is 12.3 Å². The molecule has 3 heteroatoms. The minimum Gasteiger partial charge on any atom is -0.242 e. The molecule has 0 aromatic carbocycles. The Morgan fingerprint density at radius 1 is 1.42 bits per heavy atom. The first-order chi connectivity index (χ1) is 5.61. The fourth-order valence-electron chi connectivity index (χ4n) is 0.963. The summed E-state index contributed by atoms with van der Waals surface area (Å²) in [5.74, 6) is 1.09. The second-order valence-corrected chi connectivity index (χ2v) is 3.68. The second-order valence-electron chi connectivity index (χ2n) is 2.99. The van der Waals surface area contributed by atoms with E-state index in [0.717, 1.165) is 11.5 Å². The van der Waals surface area contributed by atoms with Crippen LogP contribution < -0.4 is 0 Å². The lowest BCUT2D eigenvalue weighted by Crippen LogP contribution is -2.08. The molecule has 1 aromatic rings. The smallest absolute Gasteiger partial charge is 0.125 e. The highest BCUT2D eigenvalue weighted by Gasteiger charge is 2.12. The molecule has 12 heavy (non-hydrogen) atoms. The summed E-state index contributed by atoms with van der Waals surface area (Å²) in [6, 6.07) is 1.91. The van der Waals surface area contributed by atoms with Gasteiger partial charge in [0.15, 0.2) is 0 Å². The Hall–Kier alpha value is -0.630. The molecule has 0 fully saturated rings. The van der Waals surface area contributed by atoms with E-state index < -0.39 is 0 Å². The Morgan fingerprint density at radius 2 is 2.08 bits per heavy atom. The highest BCUT2D eigenvalue weighted by molar-refractivity contribution is 6.20. The van der Waals surface area contributed by atoms with Gasteiger partial charge in [0.25, 0.3) is 0 Å². The van der Waals surface area contributed by atoms with Gasteiger partial charge >= 0.3 is 0 Å².